The Morgan fingerprint density at radius 3 is 2.64 bits per heavy atom. The second-order valence-corrected chi connectivity index (χ2v) is 5.99. The molecule has 1 heterocycles. The lowest BCUT2D eigenvalue weighted by atomic mass is 10.2. The van der Waals surface area contributed by atoms with Gasteiger partial charge in [-0.3, -0.25) is 0 Å². The maximum Gasteiger partial charge on any atom is 0.191 e. The minimum absolute atomic E-state index is 0. The van der Waals surface area contributed by atoms with E-state index >= 15 is 0 Å². The van der Waals surface area contributed by atoms with E-state index in [0.717, 1.165) is 35.2 Å². The highest BCUT2D eigenvalue weighted by Gasteiger charge is 2.03. The second-order valence-electron chi connectivity index (χ2n) is 5.99. The predicted molar refractivity (Wildman–Crippen MR) is 124 cm³/mol. The van der Waals surface area contributed by atoms with Crippen molar-refractivity contribution in [2.24, 2.45) is 4.99 Å². The van der Waals surface area contributed by atoms with Gasteiger partial charge >= 0.3 is 0 Å². The van der Waals surface area contributed by atoms with Crippen molar-refractivity contribution in [1.29, 1.82) is 0 Å². The Bertz CT molecular complexity index is 879. The van der Waals surface area contributed by atoms with Crippen LogP contribution in [0.5, 0.6) is 5.75 Å². The molecule has 28 heavy (non-hydrogen) atoms. The molecule has 1 aromatic heterocycles. The number of nitrogens with zero attached hydrogens (tertiary/aromatic N) is 3. The van der Waals surface area contributed by atoms with Crippen molar-refractivity contribution in [1.82, 2.24) is 20.4 Å². The molecule has 3 aromatic rings. The highest BCUT2D eigenvalue weighted by atomic mass is 127. The molecule has 2 aromatic carbocycles. The van der Waals surface area contributed by atoms with Gasteiger partial charge in [0.05, 0.1) is 31.6 Å². The van der Waals surface area contributed by atoms with E-state index in [1.54, 1.807) is 7.11 Å². The molecule has 0 aliphatic carbocycles. The van der Waals surface area contributed by atoms with Crippen molar-refractivity contribution >= 4 is 29.9 Å². The van der Waals surface area contributed by atoms with Gasteiger partial charge in [-0.1, -0.05) is 30.3 Å². The number of hydrogen-bond acceptors (Lipinski definition) is 3. The lowest BCUT2D eigenvalue weighted by Gasteiger charge is -2.10. The molecule has 0 spiro atoms. The molecule has 2 N–H and O–H groups in total. The lowest BCUT2D eigenvalue weighted by molar-refractivity contribution is 0.414. The molecular weight excluding hydrogens is 465 g/mol. The van der Waals surface area contributed by atoms with Gasteiger partial charge in [0.2, 0.25) is 0 Å². The average molecular weight is 491 g/mol. The van der Waals surface area contributed by atoms with Gasteiger partial charge < -0.3 is 15.4 Å². The minimum atomic E-state index is 0. The van der Waals surface area contributed by atoms with E-state index in [1.165, 1.54) is 0 Å². The predicted octanol–water partition coefficient (Wildman–Crippen LogP) is 3.75. The van der Waals surface area contributed by atoms with Crippen molar-refractivity contribution in [3.05, 3.63) is 78.1 Å². The lowest BCUT2D eigenvalue weighted by Crippen LogP contribution is -2.36. The molecular formula is C21H26IN5O. The van der Waals surface area contributed by atoms with E-state index in [1.807, 2.05) is 78.5 Å². The largest absolute Gasteiger partial charge is 0.497 e. The number of aliphatic imine (C=N–C) groups is 1. The number of guanidine groups is 1. The van der Waals surface area contributed by atoms with E-state index < -0.39 is 0 Å². The summed E-state index contributed by atoms with van der Waals surface area (Å²) < 4.78 is 7.14. The van der Waals surface area contributed by atoms with Gasteiger partial charge in [0.1, 0.15) is 5.75 Å². The zero-order valence-corrected chi connectivity index (χ0v) is 18.5. The van der Waals surface area contributed by atoms with E-state index in [4.69, 9.17) is 4.74 Å². The number of halogens is 1. The van der Waals surface area contributed by atoms with Crippen LogP contribution in [-0.2, 0) is 13.1 Å². The van der Waals surface area contributed by atoms with Crippen LogP contribution >= 0.6 is 24.0 Å². The molecule has 0 aliphatic rings. The third kappa shape index (κ3) is 6.26. The van der Waals surface area contributed by atoms with Crippen LogP contribution in [-0.4, -0.2) is 29.4 Å². The van der Waals surface area contributed by atoms with Gasteiger partial charge in [-0.15, -0.1) is 24.0 Å². The van der Waals surface area contributed by atoms with E-state index in [0.29, 0.717) is 13.1 Å². The maximum absolute atomic E-state index is 5.26. The summed E-state index contributed by atoms with van der Waals surface area (Å²) in [7, 11) is 1.67. The number of hydrogen-bond donors (Lipinski definition) is 2. The van der Waals surface area contributed by atoms with E-state index in [9.17, 15) is 0 Å². The topological polar surface area (TPSA) is 63.5 Å². The first-order chi connectivity index (χ1) is 13.3. The first-order valence-corrected chi connectivity index (χ1v) is 9.03. The highest BCUT2D eigenvalue weighted by Crippen LogP contribution is 2.13. The minimum Gasteiger partial charge on any atom is -0.497 e. The molecule has 6 nitrogen and oxygen atoms in total. The summed E-state index contributed by atoms with van der Waals surface area (Å²) in [4.78, 5) is 4.64. The summed E-state index contributed by atoms with van der Waals surface area (Å²) in [6.45, 7) is 4.02. The molecule has 7 heteroatoms. The number of methoxy groups -OCH3 is 1. The van der Waals surface area contributed by atoms with Gasteiger partial charge in [0.15, 0.2) is 5.96 Å². The van der Waals surface area contributed by atoms with E-state index in [-0.39, 0.29) is 24.0 Å². The fraction of sp³-hybridized carbons (Fsp3) is 0.238. The zero-order chi connectivity index (χ0) is 18.9. The van der Waals surface area contributed by atoms with Gasteiger partial charge in [-0.2, -0.15) is 5.10 Å². The Morgan fingerprint density at radius 1 is 1.07 bits per heavy atom. The van der Waals surface area contributed by atoms with Crippen LogP contribution in [0.4, 0.5) is 0 Å². The Balaban J connectivity index is 0.00000280. The van der Waals surface area contributed by atoms with Gasteiger partial charge in [-0.05, 0) is 42.8 Å². The van der Waals surface area contributed by atoms with Crippen LogP contribution in [0.15, 0.2) is 71.9 Å². The molecule has 0 atom stereocenters. The molecule has 0 amide bonds. The first-order valence-electron chi connectivity index (χ1n) is 9.03. The molecule has 0 saturated heterocycles. The summed E-state index contributed by atoms with van der Waals surface area (Å²) in [6, 6.07) is 20.0. The number of para-hydroxylation sites is 1. The van der Waals surface area contributed by atoms with Gasteiger partial charge in [0.25, 0.3) is 0 Å². The SMILES string of the molecule is CCNC(=NCc1cccc(OC)c1)NCc1ccn(-c2ccccc2)n1.I. The number of benzene rings is 2. The molecule has 0 radical (unpaired) electrons. The molecule has 0 unspecified atom stereocenters. The summed E-state index contributed by atoms with van der Waals surface area (Å²) in [5.41, 5.74) is 3.09. The number of rotatable bonds is 7. The van der Waals surface area contributed by atoms with Crippen molar-refractivity contribution < 1.29 is 4.74 Å². The van der Waals surface area contributed by atoms with Crippen LogP contribution < -0.4 is 15.4 Å². The molecule has 0 bridgehead atoms. The Morgan fingerprint density at radius 2 is 1.89 bits per heavy atom. The third-order valence-corrected chi connectivity index (χ3v) is 4.00. The Labute approximate surface area is 183 Å². The molecule has 148 valence electrons. The Hall–Kier alpha value is -2.55. The smallest absolute Gasteiger partial charge is 0.191 e. The average Bonchev–Trinajstić information content (AvgIpc) is 3.20. The van der Waals surface area contributed by atoms with Gasteiger partial charge in [-0.25, -0.2) is 9.67 Å². The second kappa shape index (κ2) is 11.3. The Kier molecular flexibility index (Phi) is 8.80. The van der Waals surface area contributed by atoms with Crippen LogP contribution in [0.2, 0.25) is 0 Å². The fourth-order valence-corrected chi connectivity index (χ4v) is 2.64. The van der Waals surface area contributed by atoms with Crippen LogP contribution in [0.3, 0.4) is 0 Å². The van der Waals surface area contributed by atoms with Crippen molar-refractivity contribution in [2.45, 2.75) is 20.0 Å². The third-order valence-electron chi connectivity index (χ3n) is 4.00. The van der Waals surface area contributed by atoms with Gasteiger partial charge in [0, 0.05) is 12.7 Å². The quantitative estimate of drug-likeness (QED) is 0.300. The first kappa shape index (κ1) is 21.7. The molecule has 3 rings (SSSR count). The number of ether oxygens (including phenoxy) is 1. The molecule has 0 fully saturated rings. The summed E-state index contributed by atoms with van der Waals surface area (Å²) in [5, 5.41) is 11.2. The standard InChI is InChI=1S/C21H25N5O.HI/c1-3-22-21(23-15-17-8-7-11-20(14-17)27-2)24-16-18-12-13-26(25-18)19-9-5-4-6-10-19;/h4-14H,3,15-16H2,1-2H3,(H2,22,23,24);1H. The molecule has 0 aliphatic heterocycles. The normalized spacial score (nSPS) is 10.9. The van der Waals surface area contributed by atoms with Crippen molar-refractivity contribution in [3.8, 4) is 11.4 Å². The summed E-state index contributed by atoms with van der Waals surface area (Å²) >= 11 is 0. The molecule has 0 saturated carbocycles. The van der Waals surface area contributed by atoms with Crippen LogP contribution in [0, 0.1) is 0 Å². The number of nitrogens with one attached hydrogen (secondary N) is 2. The van der Waals surface area contributed by atoms with Crippen molar-refractivity contribution in [3.63, 3.8) is 0 Å². The van der Waals surface area contributed by atoms with E-state index in [2.05, 4.69) is 20.7 Å². The highest BCUT2D eigenvalue weighted by molar-refractivity contribution is 14.0. The zero-order valence-electron chi connectivity index (χ0n) is 16.1. The van der Waals surface area contributed by atoms with Crippen molar-refractivity contribution in [2.75, 3.05) is 13.7 Å². The summed E-state index contributed by atoms with van der Waals surface area (Å²) in [5.74, 6) is 1.60. The van der Waals surface area contributed by atoms with Crippen LogP contribution in [0.1, 0.15) is 18.2 Å². The monoisotopic (exact) mass is 491 g/mol. The summed E-state index contributed by atoms with van der Waals surface area (Å²) in [6.07, 6.45) is 1.96. The maximum atomic E-state index is 5.26. The number of aromatic nitrogens is 2. The fourth-order valence-electron chi connectivity index (χ4n) is 2.64. The van der Waals surface area contributed by atoms with Crippen LogP contribution in [0.25, 0.3) is 5.69 Å².